The lowest BCUT2D eigenvalue weighted by Crippen LogP contribution is -2.26. The van der Waals surface area contributed by atoms with Crippen LogP contribution >= 0.6 is 43.5 Å². The molecule has 2 aromatic heterocycles. The van der Waals surface area contributed by atoms with Crippen LogP contribution in [0.2, 0.25) is 5.02 Å². The van der Waals surface area contributed by atoms with E-state index in [1.165, 1.54) is 18.0 Å². The van der Waals surface area contributed by atoms with Crippen molar-refractivity contribution in [3.05, 3.63) is 84.5 Å². The van der Waals surface area contributed by atoms with E-state index in [4.69, 9.17) is 35.2 Å². The third-order valence-corrected chi connectivity index (χ3v) is 7.99. The van der Waals surface area contributed by atoms with E-state index in [9.17, 15) is 9.59 Å². The summed E-state index contributed by atoms with van der Waals surface area (Å²) in [6.07, 6.45) is 0.513. The first-order chi connectivity index (χ1) is 19.7. The standard InChI is InChI=1S/C29H22Br2ClN3O6/c1-4-39-29(37)15(2)40-26-22(38-3)13-17(24(31)25(26)32)14-33-35-27(34-20-8-6-5-7-19(20)28(35)36)23-12-16-11-18(30)9-10-21(16)41-23/h5-15H,4H2,1-3H3/t15-/m1/s1. The lowest BCUT2D eigenvalue weighted by atomic mass is 10.2. The predicted octanol–water partition coefficient (Wildman–Crippen LogP) is 7.21. The van der Waals surface area contributed by atoms with Gasteiger partial charge in [-0.05, 0) is 72.2 Å². The Morgan fingerprint density at radius 1 is 1.20 bits per heavy atom. The molecule has 0 aliphatic heterocycles. The van der Waals surface area contributed by atoms with Crippen LogP contribution in [0.3, 0.4) is 0 Å². The van der Waals surface area contributed by atoms with Gasteiger partial charge in [-0.1, -0.05) is 39.7 Å². The van der Waals surface area contributed by atoms with Gasteiger partial charge in [0.05, 0.1) is 30.8 Å². The summed E-state index contributed by atoms with van der Waals surface area (Å²) in [6.45, 7) is 3.47. The Morgan fingerprint density at radius 3 is 2.73 bits per heavy atom. The van der Waals surface area contributed by atoms with Crippen LogP contribution in [-0.2, 0) is 9.53 Å². The number of aromatic nitrogens is 2. The number of fused-ring (bicyclic) bond motifs is 2. The van der Waals surface area contributed by atoms with E-state index >= 15 is 0 Å². The molecule has 1 atom stereocenters. The molecule has 5 rings (SSSR count). The fourth-order valence-corrected chi connectivity index (χ4v) is 5.10. The third-order valence-electron chi connectivity index (χ3n) is 6.05. The molecule has 0 fully saturated rings. The molecule has 0 spiro atoms. The van der Waals surface area contributed by atoms with Gasteiger partial charge in [0.2, 0.25) is 5.82 Å². The lowest BCUT2D eigenvalue weighted by molar-refractivity contribution is -0.150. The number of rotatable bonds is 8. The number of methoxy groups -OCH3 is 1. The summed E-state index contributed by atoms with van der Waals surface area (Å²) < 4.78 is 24.8. The highest BCUT2D eigenvalue weighted by Gasteiger charge is 2.23. The van der Waals surface area contributed by atoms with Crippen molar-refractivity contribution in [3.63, 3.8) is 0 Å². The first kappa shape index (κ1) is 28.8. The second kappa shape index (κ2) is 12.1. The molecule has 0 unspecified atom stereocenters. The zero-order chi connectivity index (χ0) is 29.3. The van der Waals surface area contributed by atoms with Gasteiger partial charge < -0.3 is 18.6 Å². The molecule has 0 radical (unpaired) electrons. The van der Waals surface area contributed by atoms with Gasteiger partial charge in [0.1, 0.15) is 10.6 Å². The van der Waals surface area contributed by atoms with E-state index in [1.54, 1.807) is 50.2 Å². The third kappa shape index (κ3) is 5.74. The Hall–Kier alpha value is -3.67. The minimum absolute atomic E-state index is 0.147. The van der Waals surface area contributed by atoms with Crippen LogP contribution < -0.4 is 15.0 Å². The summed E-state index contributed by atoms with van der Waals surface area (Å²) in [5.74, 6) is 0.445. The van der Waals surface area contributed by atoms with Crippen molar-refractivity contribution in [2.24, 2.45) is 5.10 Å². The van der Waals surface area contributed by atoms with E-state index in [0.29, 0.717) is 32.3 Å². The zero-order valence-corrected chi connectivity index (χ0v) is 25.9. The van der Waals surface area contributed by atoms with Crippen molar-refractivity contribution >= 4 is 77.5 Å². The summed E-state index contributed by atoms with van der Waals surface area (Å²) in [5, 5.41) is 5.87. The fraction of sp³-hybridized carbons (Fsp3) is 0.172. The maximum absolute atomic E-state index is 13.6. The number of carbonyl (C=O) groups is 1. The summed E-state index contributed by atoms with van der Waals surface area (Å²) >= 11 is 13.6. The van der Waals surface area contributed by atoms with Crippen molar-refractivity contribution in [3.8, 4) is 23.1 Å². The van der Waals surface area contributed by atoms with E-state index in [1.807, 2.05) is 18.2 Å². The quantitative estimate of drug-likeness (QED) is 0.124. The van der Waals surface area contributed by atoms with Crippen LogP contribution in [0.25, 0.3) is 33.5 Å². The molecule has 3 aromatic carbocycles. The molecule has 0 amide bonds. The Labute approximate surface area is 255 Å². The number of ether oxygens (including phenoxy) is 3. The average molecular weight is 704 g/mol. The largest absolute Gasteiger partial charge is 0.493 e. The second-order valence-electron chi connectivity index (χ2n) is 8.74. The molecule has 9 nitrogen and oxygen atoms in total. The highest BCUT2D eigenvalue weighted by Crippen LogP contribution is 2.42. The maximum atomic E-state index is 13.6. The molecule has 12 heteroatoms. The molecule has 5 aromatic rings. The topological polar surface area (TPSA) is 105 Å². The molecular formula is C29H22Br2ClN3O6. The molecule has 2 heterocycles. The Kier molecular flexibility index (Phi) is 8.48. The van der Waals surface area contributed by atoms with Crippen molar-refractivity contribution < 1.29 is 23.4 Å². The van der Waals surface area contributed by atoms with Crippen LogP contribution in [-0.4, -0.2) is 41.7 Å². The smallest absolute Gasteiger partial charge is 0.347 e. The van der Waals surface area contributed by atoms with Crippen LogP contribution in [0.4, 0.5) is 0 Å². The minimum atomic E-state index is -0.929. The fourth-order valence-electron chi connectivity index (χ4n) is 4.08. The lowest BCUT2D eigenvalue weighted by Gasteiger charge is -2.18. The molecule has 210 valence electrons. The van der Waals surface area contributed by atoms with Gasteiger partial charge in [0, 0.05) is 19.9 Å². The van der Waals surface area contributed by atoms with E-state index < -0.39 is 12.1 Å². The van der Waals surface area contributed by atoms with Gasteiger partial charge in [0.25, 0.3) is 5.56 Å². The van der Waals surface area contributed by atoms with Crippen molar-refractivity contribution in [2.75, 3.05) is 13.7 Å². The first-order valence-electron chi connectivity index (χ1n) is 12.4. The highest BCUT2D eigenvalue weighted by molar-refractivity contribution is 9.10. The highest BCUT2D eigenvalue weighted by atomic mass is 79.9. The number of nitrogens with zero attached hydrogens (tertiary/aromatic N) is 3. The van der Waals surface area contributed by atoms with Crippen LogP contribution in [0.15, 0.2) is 77.9 Å². The SMILES string of the molecule is CCOC(=O)[C@@H](C)Oc1c(OC)cc(C=Nn2c(-c3cc4cc(Br)ccc4o3)nc3ccccc3c2=O)c(Br)c1Cl. The number of benzene rings is 3. The molecule has 0 N–H and O–H groups in total. The normalized spacial score (nSPS) is 12.2. The molecule has 0 saturated carbocycles. The Morgan fingerprint density at radius 2 is 1.98 bits per heavy atom. The predicted molar refractivity (Wildman–Crippen MR) is 164 cm³/mol. The van der Waals surface area contributed by atoms with E-state index in [-0.39, 0.29) is 34.5 Å². The molecule has 0 aliphatic carbocycles. The Balaban J connectivity index is 1.62. The molecule has 0 aliphatic rings. The minimum Gasteiger partial charge on any atom is -0.493 e. The zero-order valence-electron chi connectivity index (χ0n) is 22.0. The maximum Gasteiger partial charge on any atom is 0.347 e. The van der Waals surface area contributed by atoms with Crippen molar-refractivity contribution in [1.82, 2.24) is 9.66 Å². The molecule has 0 bridgehead atoms. The number of hydrogen-bond donors (Lipinski definition) is 0. The van der Waals surface area contributed by atoms with Gasteiger partial charge >= 0.3 is 5.97 Å². The van der Waals surface area contributed by atoms with Gasteiger partial charge in [-0.2, -0.15) is 9.78 Å². The van der Waals surface area contributed by atoms with E-state index in [2.05, 4.69) is 37.0 Å². The van der Waals surface area contributed by atoms with Crippen LogP contribution in [0.5, 0.6) is 11.5 Å². The number of furan rings is 1. The number of esters is 1. The number of carbonyl (C=O) groups excluding carboxylic acids is 1. The van der Waals surface area contributed by atoms with E-state index in [0.717, 1.165) is 9.86 Å². The van der Waals surface area contributed by atoms with Gasteiger partial charge in [-0.15, -0.1) is 0 Å². The molecule has 41 heavy (non-hydrogen) atoms. The average Bonchev–Trinajstić information content (AvgIpc) is 3.39. The number of hydrogen-bond acceptors (Lipinski definition) is 8. The first-order valence-corrected chi connectivity index (χ1v) is 14.3. The number of para-hydroxylation sites is 1. The second-order valence-corrected chi connectivity index (χ2v) is 10.8. The van der Waals surface area contributed by atoms with Gasteiger partial charge in [0.15, 0.2) is 23.4 Å². The summed E-state index contributed by atoms with van der Waals surface area (Å²) in [4.78, 5) is 30.4. The van der Waals surface area contributed by atoms with Gasteiger partial charge in [-0.3, -0.25) is 4.79 Å². The van der Waals surface area contributed by atoms with Crippen molar-refractivity contribution in [2.45, 2.75) is 20.0 Å². The van der Waals surface area contributed by atoms with Crippen LogP contribution in [0.1, 0.15) is 19.4 Å². The summed E-state index contributed by atoms with van der Waals surface area (Å²) in [6, 6.07) is 16.0. The Bertz CT molecular complexity index is 1880. The monoisotopic (exact) mass is 701 g/mol. The summed E-state index contributed by atoms with van der Waals surface area (Å²) in [7, 11) is 1.44. The molecular weight excluding hydrogens is 682 g/mol. The number of halogens is 3. The molecule has 0 saturated heterocycles. The van der Waals surface area contributed by atoms with Crippen molar-refractivity contribution in [1.29, 1.82) is 0 Å². The van der Waals surface area contributed by atoms with Gasteiger partial charge in [-0.25, -0.2) is 9.78 Å². The summed E-state index contributed by atoms with van der Waals surface area (Å²) in [5.41, 5.74) is 1.22. The van der Waals surface area contributed by atoms with Crippen LogP contribution in [0, 0.1) is 0 Å².